The third-order valence-corrected chi connectivity index (χ3v) is 6.35. The number of sulfonamides is 1. The van der Waals surface area contributed by atoms with Crippen LogP contribution in [0.4, 0.5) is 11.6 Å². The molecule has 3 aromatic heterocycles. The number of anilines is 2. The fraction of sp³-hybridized carbons (Fsp3) is 0.389. The molecule has 4 heterocycles. The summed E-state index contributed by atoms with van der Waals surface area (Å²) < 4.78 is 22.9. The van der Waals surface area contributed by atoms with E-state index in [1.54, 1.807) is 12.4 Å². The first-order chi connectivity index (χ1) is 13.3. The summed E-state index contributed by atoms with van der Waals surface area (Å²) >= 11 is 0. The van der Waals surface area contributed by atoms with Gasteiger partial charge in [0.05, 0.1) is 11.4 Å². The van der Waals surface area contributed by atoms with Crippen LogP contribution in [0.25, 0.3) is 11.0 Å². The number of rotatable bonds is 4. The molecule has 1 aliphatic rings. The van der Waals surface area contributed by atoms with Crippen molar-refractivity contribution in [3.05, 3.63) is 36.9 Å². The van der Waals surface area contributed by atoms with E-state index in [9.17, 15) is 8.42 Å². The number of primary sulfonamides is 1. The molecule has 148 valence electrons. The fourth-order valence-corrected chi connectivity index (χ4v) is 4.24. The molecule has 3 aromatic rings. The predicted molar refractivity (Wildman–Crippen MR) is 108 cm³/mol. The average molecular weight is 401 g/mol. The van der Waals surface area contributed by atoms with E-state index >= 15 is 0 Å². The van der Waals surface area contributed by atoms with Crippen LogP contribution in [0.2, 0.25) is 0 Å². The molecule has 3 N–H and O–H groups in total. The minimum atomic E-state index is -3.74. The van der Waals surface area contributed by atoms with Crippen molar-refractivity contribution in [1.82, 2.24) is 19.9 Å². The second-order valence-corrected chi connectivity index (χ2v) is 8.79. The Morgan fingerprint density at radius 1 is 1.25 bits per heavy atom. The number of hydrogen-bond acceptors (Lipinski definition) is 7. The van der Waals surface area contributed by atoms with Crippen molar-refractivity contribution in [2.24, 2.45) is 11.1 Å². The zero-order valence-electron chi connectivity index (χ0n) is 15.8. The van der Waals surface area contributed by atoms with Gasteiger partial charge in [0.25, 0.3) is 0 Å². The van der Waals surface area contributed by atoms with Gasteiger partial charge in [-0.3, -0.25) is 0 Å². The number of nitrogens with two attached hydrogens (primary N) is 1. The number of nitrogens with one attached hydrogen (secondary N) is 1. The third-order valence-electron chi connectivity index (χ3n) is 5.46. The van der Waals surface area contributed by atoms with Crippen molar-refractivity contribution in [2.75, 3.05) is 29.9 Å². The number of pyridine rings is 1. The van der Waals surface area contributed by atoms with E-state index in [-0.39, 0.29) is 10.9 Å². The number of nitrogens with zero attached hydrogens (tertiary/aromatic N) is 5. The van der Waals surface area contributed by atoms with Crippen LogP contribution in [0.15, 0.2) is 41.8 Å². The standard InChI is InChI=1S/C18H23N7O2S/c1-12-6-8-25(16-4-3-13(9-21-16)28(19,26)27)10-15(12)24(2)18-14-5-7-20-17(14)22-11-23-18/h3-5,7,9,11-12,15H,6,8,10H2,1-2H3,(H2,19,26,27)(H,20,22,23). The van der Waals surface area contributed by atoms with Crippen LogP contribution in [0.5, 0.6) is 0 Å². The number of aromatic amines is 1. The van der Waals surface area contributed by atoms with Crippen LogP contribution >= 0.6 is 0 Å². The number of fused-ring (bicyclic) bond motifs is 1. The third kappa shape index (κ3) is 3.40. The van der Waals surface area contributed by atoms with E-state index in [0.717, 1.165) is 42.2 Å². The number of piperidine rings is 1. The van der Waals surface area contributed by atoms with Crippen molar-refractivity contribution in [2.45, 2.75) is 24.3 Å². The second-order valence-electron chi connectivity index (χ2n) is 7.22. The molecule has 4 rings (SSSR count). The highest BCUT2D eigenvalue weighted by Gasteiger charge is 2.31. The lowest BCUT2D eigenvalue weighted by molar-refractivity contribution is 0.366. The predicted octanol–water partition coefficient (Wildman–Crippen LogP) is 1.35. The summed E-state index contributed by atoms with van der Waals surface area (Å²) in [6.45, 7) is 3.86. The Morgan fingerprint density at radius 2 is 2.07 bits per heavy atom. The topological polar surface area (TPSA) is 121 Å². The highest BCUT2D eigenvalue weighted by atomic mass is 32.2. The number of H-pyrrole nitrogens is 1. The molecule has 0 aliphatic carbocycles. The molecule has 0 radical (unpaired) electrons. The Labute approximate surface area is 163 Å². The van der Waals surface area contributed by atoms with Crippen LogP contribution in [0, 0.1) is 5.92 Å². The van der Waals surface area contributed by atoms with Gasteiger partial charge in [0.15, 0.2) is 0 Å². The quantitative estimate of drug-likeness (QED) is 0.677. The zero-order valence-corrected chi connectivity index (χ0v) is 16.6. The highest BCUT2D eigenvalue weighted by molar-refractivity contribution is 7.89. The maximum absolute atomic E-state index is 11.4. The summed E-state index contributed by atoms with van der Waals surface area (Å²) in [6.07, 6.45) is 5.75. The molecule has 1 aliphatic heterocycles. The summed E-state index contributed by atoms with van der Waals surface area (Å²) in [7, 11) is -1.69. The van der Waals surface area contributed by atoms with E-state index in [1.165, 1.54) is 12.3 Å². The summed E-state index contributed by atoms with van der Waals surface area (Å²) in [6, 6.07) is 5.42. The molecule has 0 spiro atoms. The molecular weight excluding hydrogens is 378 g/mol. The van der Waals surface area contributed by atoms with E-state index < -0.39 is 10.0 Å². The van der Waals surface area contributed by atoms with Gasteiger partial charge in [-0.05, 0) is 30.5 Å². The Bertz CT molecular complexity index is 1080. The Hall–Kier alpha value is -2.72. The molecule has 1 saturated heterocycles. The highest BCUT2D eigenvalue weighted by Crippen LogP contribution is 2.30. The molecule has 10 heteroatoms. The van der Waals surface area contributed by atoms with Gasteiger partial charge in [-0.2, -0.15) is 0 Å². The molecule has 9 nitrogen and oxygen atoms in total. The zero-order chi connectivity index (χ0) is 19.9. The lowest BCUT2D eigenvalue weighted by Crippen LogP contribution is -2.51. The molecule has 2 atom stereocenters. The first-order valence-electron chi connectivity index (χ1n) is 9.09. The molecular formula is C18H23N7O2S. The van der Waals surface area contributed by atoms with E-state index in [1.807, 2.05) is 12.3 Å². The van der Waals surface area contributed by atoms with E-state index in [4.69, 9.17) is 5.14 Å². The number of hydrogen-bond donors (Lipinski definition) is 2. The second kappa shape index (κ2) is 7.02. The van der Waals surface area contributed by atoms with Crippen molar-refractivity contribution >= 4 is 32.7 Å². The van der Waals surface area contributed by atoms with Gasteiger partial charge in [0.2, 0.25) is 10.0 Å². The van der Waals surface area contributed by atoms with Gasteiger partial charge < -0.3 is 14.8 Å². The lowest BCUT2D eigenvalue weighted by atomic mass is 9.92. The minimum absolute atomic E-state index is 0.0196. The van der Waals surface area contributed by atoms with Gasteiger partial charge in [0.1, 0.15) is 28.5 Å². The van der Waals surface area contributed by atoms with Gasteiger partial charge in [0, 0.05) is 32.5 Å². The Balaban J connectivity index is 1.59. The van der Waals surface area contributed by atoms with Crippen LogP contribution in [-0.2, 0) is 10.0 Å². The normalized spacial score (nSPS) is 20.5. The summed E-state index contributed by atoms with van der Waals surface area (Å²) in [4.78, 5) is 20.6. The first kappa shape index (κ1) is 18.6. The Morgan fingerprint density at radius 3 is 2.79 bits per heavy atom. The Kier molecular flexibility index (Phi) is 4.68. The minimum Gasteiger partial charge on any atom is -0.355 e. The monoisotopic (exact) mass is 401 g/mol. The van der Waals surface area contributed by atoms with Crippen LogP contribution in [0.3, 0.4) is 0 Å². The SMILES string of the molecule is CC1CCN(c2ccc(S(N)(=O)=O)cn2)CC1N(C)c1ncnc2[nH]ccc12. The average Bonchev–Trinajstić information content (AvgIpc) is 3.16. The van der Waals surface area contributed by atoms with Gasteiger partial charge in [-0.1, -0.05) is 6.92 Å². The van der Waals surface area contributed by atoms with E-state index in [0.29, 0.717) is 5.92 Å². The molecule has 28 heavy (non-hydrogen) atoms. The maximum Gasteiger partial charge on any atom is 0.239 e. The molecule has 2 unspecified atom stereocenters. The van der Waals surface area contributed by atoms with Gasteiger partial charge >= 0.3 is 0 Å². The first-order valence-corrected chi connectivity index (χ1v) is 10.6. The lowest BCUT2D eigenvalue weighted by Gasteiger charge is -2.42. The van der Waals surface area contributed by atoms with Crippen LogP contribution < -0.4 is 14.9 Å². The maximum atomic E-state index is 11.4. The molecule has 0 amide bonds. The smallest absolute Gasteiger partial charge is 0.239 e. The number of aromatic nitrogens is 4. The fourth-order valence-electron chi connectivity index (χ4n) is 3.79. The van der Waals surface area contributed by atoms with Crippen molar-refractivity contribution in [3.63, 3.8) is 0 Å². The van der Waals surface area contributed by atoms with Crippen molar-refractivity contribution in [1.29, 1.82) is 0 Å². The largest absolute Gasteiger partial charge is 0.355 e. The molecule has 0 aromatic carbocycles. The van der Waals surface area contributed by atoms with Crippen LogP contribution in [-0.4, -0.2) is 54.5 Å². The number of likely N-dealkylation sites (N-methyl/N-ethyl adjacent to an activating group) is 1. The van der Waals surface area contributed by atoms with Gasteiger partial charge in [-0.25, -0.2) is 28.5 Å². The summed E-state index contributed by atoms with van der Waals surface area (Å²) in [5.41, 5.74) is 0.817. The summed E-state index contributed by atoms with van der Waals surface area (Å²) in [5.74, 6) is 2.10. The van der Waals surface area contributed by atoms with Crippen LogP contribution in [0.1, 0.15) is 13.3 Å². The van der Waals surface area contributed by atoms with Crippen molar-refractivity contribution < 1.29 is 8.42 Å². The van der Waals surface area contributed by atoms with E-state index in [2.05, 4.69) is 43.7 Å². The molecule has 1 fully saturated rings. The van der Waals surface area contributed by atoms with Crippen molar-refractivity contribution in [3.8, 4) is 0 Å². The summed E-state index contributed by atoms with van der Waals surface area (Å²) in [5, 5.41) is 6.15. The van der Waals surface area contributed by atoms with Gasteiger partial charge in [-0.15, -0.1) is 0 Å². The molecule has 0 bridgehead atoms. The molecule has 0 saturated carbocycles.